The number of unbranched alkanes of at least 4 members (excludes halogenated alkanes) is 1. The average Bonchev–Trinajstić information content (AvgIpc) is 2.82. The smallest absolute Gasteiger partial charge is 0.202 e. The lowest BCUT2D eigenvalue weighted by Crippen LogP contribution is -2.11. The first-order chi connectivity index (χ1) is 9.24. The van der Waals surface area contributed by atoms with Crippen LogP contribution in [0.4, 0.5) is 5.95 Å². The zero-order chi connectivity index (χ0) is 13.9. The summed E-state index contributed by atoms with van der Waals surface area (Å²) in [6, 6.07) is 0. The molecule has 1 N–H and O–H groups in total. The second-order valence-corrected chi connectivity index (χ2v) is 5.31. The first kappa shape index (κ1) is 16.0. The van der Waals surface area contributed by atoms with Crippen molar-refractivity contribution >= 4 is 5.95 Å². The summed E-state index contributed by atoms with van der Waals surface area (Å²) in [5.74, 6) is 1.79. The molecular formula is C15H29N3O. The Hall–Kier alpha value is -1.03. The molecule has 0 aliphatic heterocycles. The second kappa shape index (κ2) is 9.84. The highest BCUT2D eigenvalue weighted by Gasteiger charge is 2.02. The van der Waals surface area contributed by atoms with Gasteiger partial charge in [0.1, 0.15) is 0 Å². The van der Waals surface area contributed by atoms with Crippen molar-refractivity contribution < 1.29 is 4.74 Å². The molecule has 0 aromatic carbocycles. The van der Waals surface area contributed by atoms with Gasteiger partial charge in [-0.2, -0.15) is 0 Å². The van der Waals surface area contributed by atoms with E-state index in [4.69, 9.17) is 4.74 Å². The van der Waals surface area contributed by atoms with Crippen molar-refractivity contribution in [2.75, 3.05) is 25.1 Å². The summed E-state index contributed by atoms with van der Waals surface area (Å²) in [4.78, 5) is 4.36. The molecule has 0 bridgehead atoms. The van der Waals surface area contributed by atoms with E-state index in [-0.39, 0.29) is 0 Å². The monoisotopic (exact) mass is 267 g/mol. The van der Waals surface area contributed by atoms with Gasteiger partial charge in [0.25, 0.3) is 0 Å². The SMILES string of the molecule is CCOCCCNc1nccn1CCCCC(C)C. The highest BCUT2D eigenvalue weighted by Crippen LogP contribution is 2.10. The number of hydrogen-bond donors (Lipinski definition) is 1. The molecule has 0 spiro atoms. The Morgan fingerprint density at radius 3 is 2.89 bits per heavy atom. The molecule has 19 heavy (non-hydrogen) atoms. The molecule has 0 amide bonds. The number of anilines is 1. The third-order valence-electron chi connectivity index (χ3n) is 3.10. The minimum Gasteiger partial charge on any atom is -0.382 e. The molecule has 1 heterocycles. The lowest BCUT2D eigenvalue weighted by molar-refractivity contribution is 0.147. The third-order valence-corrected chi connectivity index (χ3v) is 3.10. The average molecular weight is 267 g/mol. The quantitative estimate of drug-likeness (QED) is 0.623. The molecule has 0 atom stereocenters. The van der Waals surface area contributed by atoms with Gasteiger partial charge in [0, 0.05) is 38.7 Å². The Bertz CT molecular complexity index is 323. The number of aromatic nitrogens is 2. The summed E-state index contributed by atoms with van der Waals surface area (Å²) in [7, 11) is 0. The lowest BCUT2D eigenvalue weighted by atomic mass is 10.1. The van der Waals surface area contributed by atoms with Crippen molar-refractivity contribution in [3.8, 4) is 0 Å². The van der Waals surface area contributed by atoms with E-state index in [2.05, 4.69) is 34.9 Å². The fourth-order valence-corrected chi connectivity index (χ4v) is 2.01. The Balaban J connectivity index is 2.18. The number of hydrogen-bond acceptors (Lipinski definition) is 3. The Labute approximate surface area is 117 Å². The van der Waals surface area contributed by atoms with Gasteiger partial charge in [-0.3, -0.25) is 0 Å². The van der Waals surface area contributed by atoms with Crippen LogP contribution in [0, 0.1) is 5.92 Å². The van der Waals surface area contributed by atoms with Crippen molar-refractivity contribution in [3.05, 3.63) is 12.4 Å². The summed E-state index contributed by atoms with van der Waals surface area (Å²) >= 11 is 0. The summed E-state index contributed by atoms with van der Waals surface area (Å²) in [5, 5.41) is 3.37. The molecule has 0 saturated carbocycles. The normalized spacial score (nSPS) is 11.2. The maximum absolute atomic E-state index is 5.32. The van der Waals surface area contributed by atoms with Crippen molar-refractivity contribution in [1.82, 2.24) is 9.55 Å². The second-order valence-electron chi connectivity index (χ2n) is 5.31. The zero-order valence-corrected chi connectivity index (χ0v) is 12.7. The Kier molecular flexibility index (Phi) is 8.30. The maximum Gasteiger partial charge on any atom is 0.202 e. The molecule has 1 aromatic rings. The van der Waals surface area contributed by atoms with E-state index in [1.54, 1.807) is 0 Å². The van der Waals surface area contributed by atoms with Crippen LogP contribution in [0.1, 0.15) is 46.5 Å². The van der Waals surface area contributed by atoms with E-state index in [1.165, 1.54) is 19.3 Å². The van der Waals surface area contributed by atoms with Gasteiger partial charge in [-0.1, -0.05) is 26.7 Å². The van der Waals surface area contributed by atoms with Gasteiger partial charge in [-0.15, -0.1) is 0 Å². The summed E-state index contributed by atoms with van der Waals surface area (Å²) in [6.07, 6.45) is 8.77. The van der Waals surface area contributed by atoms with Crippen LogP contribution in [-0.4, -0.2) is 29.3 Å². The van der Waals surface area contributed by atoms with E-state index in [0.29, 0.717) is 0 Å². The number of nitrogens with one attached hydrogen (secondary N) is 1. The van der Waals surface area contributed by atoms with Gasteiger partial charge in [0.15, 0.2) is 0 Å². The summed E-state index contributed by atoms with van der Waals surface area (Å²) < 4.78 is 7.53. The van der Waals surface area contributed by atoms with E-state index < -0.39 is 0 Å². The van der Waals surface area contributed by atoms with Crippen molar-refractivity contribution in [2.24, 2.45) is 5.92 Å². The van der Waals surface area contributed by atoms with E-state index in [0.717, 1.165) is 44.6 Å². The van der Waals surface area contributed by atoms with Crippen molar-refractivity contribution in [1.29, 1.82) is 0 Å². The van der Waals surface area contributed by atoms with Gasteiger partial charge in [-0.25, -0.2) is 4.98 Å². The van der Waals surface area contributed by atoms with Crippen LogP contribution in [0.5, 0.6) is 0 Å². The molecule has 0 radical (unpaired) electrons. The van der Waals surface area contributed by atoms with Crippen LogP contribution < -0.4 is 5.32 Å². The number of aryl methyl sites for hydroxylation is 1. The van der Waals surface area contributed by atoms with E-state index >= 15 is 0 Å². The highest BCUT2D eigenvalue weighted by atomic mass is 16.5. The predicted octanol–water partition coefficient (Wildman–Crippen LogP) is 3.55. The van der Waals surface area contributed by atoms with E-state index in [1.807, 2.05) is 13.1 Å². The molecule has 1 aromatic heterocycles. The fraction of sp³-hybridized carbons (Fsp3) is 0.800. The van der Waals surface area contributed by atoms with Crippen molar-refractivity contribution in [2.45, 2.75) is 53.0 Å². The molecule has 4 nitrogen and oxygen atoms in total. The third kappa shape index (κ3) is 7.21. The van der Waals surface area contributed by atoms with Crippen LogP contribution in [0.25, 0.3) is 0 Å². The van der Waals surface area contributed by atoms with Crippen molar-refractivity contribution in [3.63, 3.8) is 0 Å². The van der Waals surface area contributed by atoms with Crippen LogP contribution in [0.15, 0.2) is 12.4 Å². The summed E-state index contributed by atoms with van der Waals surface area (Å²) in [5.41, 5.74) is 0. The molecule has 4 heteroatoms. The summed E-state index contributed by atoms with van der Waals surface area (Å²) in [6.45, 7) is 10.2. The number of ether oxygens (including phenoxy) is 1. The number of nitrogens with zero attached hydrogens (tertiary/aromatic N) is 2. The minimum absolute atomic E-state index is 0.796. The van der Waals surface area contributed by atoms with E-state index in [9.17, 15) is 0 Å². The predicted molar refractivity (Wildman–Crippen MR) is 80.5 cm³/mol. The first-order valence-corrected chi connectivity index (χ1v) is 7.56. The minimum atomic E-state index is 0.796. The zero-order valence-electron chi connectivity index (χ0n) is 12.7. The fourth-order valence-electron chi connectivity index (χ4n) is 2.01. The molecule has 0 unspecified atom stereocenters. The number of rotatable bonds is 11. The maximum atomic E-state index is 5.32. The molecule has 1 rings (SSSR count). The van der Waals surface area contributed by atoms with Gasteiger partial charge in [0.2, 0.25) is 5.95 Å². The van der Waals surface area contributed by atoms with Crippen LogP contribution in [0.2, 0.25) is 0 Å². The van der Waals surface area contributed by atoms with Gasteiger partial charge >= 0.3 is 0 Å². The molecule has 0 aliphatic rings. The molecule has 0 fully saturated rings. The lowest BCUT2D eigenvalue weighted by Gasteiger charge is -2.10. The first-order valence-electron chi connectivity index (χ1n) is 7.56. The highest BCUT2D eigenvalue weighted by molar-refractivity contribution is 5.25. The van der Waals surface area contributed by atoms with Gasteiger partial charge in [-0.05, 0) is 25.7 Å². The largest absolute Gasteiger partial charge is 0.382 e. The molecule has 110 valence electrons. The molecular weight excluding hydrogens is 238 g/mol. The topological polar surface area (TPSA) is 39.1 Å². The molecule has 0 aliphatic carbocycles. The van der Waals surface area contributed by atoms with Gasteiger partial charge < -0.3 is 14.6 Å². The van der Waals surface area contributed by atoms with Crippen LogP contribution in [0.3, 0.4) is 0 Å². The Morgan fingerprint density at radius 1 is 1.32 bits per heavy atom. The number of imidazole rings is 1. The molecule has 0 saturated heterocycles. The van der Waals surface area contributed by atoms with Crippen LogP contribution in [-0.2, 0) is 11.3 Å². The van der Waals surface area contributed by atoms with Gasteiger partial charge in [0.05, 0.1) is 0 Å². The van der Waals surface area contributed by atoms with Crippen LogP contribution >= 0.6 is 0 Å². The standard InChI is InChI=1S/C15H29N3O/c1-4-19-13-7-9-16-15-17-10-12-18(15)11-6-5-8-14(2)3/h10,12,14H,4-9,11,13H2,1-3H3,(H,16,17). The Morgan fingerprint density at radius 2 is 2.16 bits per heavy atom.